The molecular weight excluding hydrogens is 265 g/mol. The Morgan fingerprint density at radius 3 is 2.75 bits per heavy atom. The van der Waals surface area contributed by atoms with E-state index in [9.17, 15) is 4.39 Å². The van der Waals surface area contributed by atoms with Crippen molar-refractivity contribution in [1.29, 1.82) is 0 Å². The first-order valence-corrected chi connectivity index (χ1v) is 6.00. The van der Waals surface area contributed by atoms with Gasteiger partial charge in [-0.1, -0.05) is 13.0 Å². The molecule has 2 rings (SSSR count). The van der Waals surface area contributed by atoms with Crippen molar-refractivity contribution in [3.63, 3.8) is 0 Å². The van der Waals surface area contributed by atoms with Gasteiger partial charge in [0.1, 0.15) is 11.6 Å². The quantitative estimate of drug-likeness (QED) is 0.615. The number of hydrogen-bond acceptors (Lipinski definition) is 7. The summed E-state index contributed by atoms with van der Waals surface area (Å²) < 4.78 is 23.7. The fourth-order valence-corrected chi connectivity index (χ4v) is 1.34. The minimum Gasteiger partial charge on any atom is -0.463 e. The molecule has 0 amide bonds. The topological polar surface area (TPSA) is 95.2 Å². The average molecular weight is 279 g/mol. The zero-order chi connectivity index (χ0) is 14.4. The summed E-state index contributed by atoms with van der Waals surface area (Å²) in [4.78, 5) is 11.8. The number of benzene rings is 1. The van der Waals surface area contributed by atoms with Crippen LogP contribution in [0.25, 0.3) is 0 Å². The average Bonchev–Trinajstić information content (AvgIpc) is 2.45. The van der Waals surface area contributed by atoms with Gasteiger partial charge in [-0.2, -0.15) is 9.97 Å². The number of anilines is 1. The van der Waals surface area contributed by atoms with Crippen LogP contribution in [0, 0.1) is 5.82 Å². The molecule has 0 atom stereocenters. The van der Waals surface area contributed by atoms with Gasteiger partial charge in [0.15, 0.2) is 0 Å². The monoisotopic (exact) mass is 279 g/mol. The molecule has 0 aliphatic heterocycles. The van der Waals surface area contributed by atoms with E-state index in [1.54, 1.807) is 6.07 Å². The number of nitrogens with one attached hydrogen (secondary N) is 1. The Morgan fingerprint density at radius 1 is 1.25 bits per heavy atom. The van der Waals surface area contributed by atoms with Gasteiger partial charge in [0.2, 0.25) is 5.95 Å². The molecule has 7 nitrogen and oxygen atoms in total. The van der Waals surface area contributed by atoms with Crippen molar-refractivity contribution in [2.75, 3.05) is 12.0 Å². The maximum atomic E-state index is 13.1. The number of hydrogen-bond donors (Lipinski definition) is 2. The summed E-state index contributed by atoms with van der Waals surface area (Å²) in [5.41, 5.74) is 2.29. The van der Waals surface area contributed by atoms with Crippen molar-refractivity contribution < 1.29 is 13.9 Å². The largest absolute Gasteiger partial charge is 0.463 e. The molecule has 1 heterocycles. The first-order chi connectivity index (χ1) is 9.71. The summed E-state index contributed by atoms with van der Waals surface area (Å²) in [5.74, 6) is 5.20. The smallest absolute Gasteiger partial charge is 0.330 e. The van der Waals surface area contributed by atoms with Crippen molar-refractivity contribution in [1.82, 2.24) is 15.0 Å². The van der Waals surface area contributed by atoms with Gasteiger partial charge in [0.05, 0.1) is 6.61 Å². The van der Waals surface area contributed by atoms with E-state index < -0.39 is 5.82 Å². The number of rotatable bonds is 6. The van der Waals surface area contributed by atoms with Crippen LogP contribution in [-0.4, -0.2) is 21.6 Å². The van der Waals surface area contributed by atoms with Crippen LogP contribution in [0.5, 0.6) is 17.8 Å². The molecule has 0 saturated carbocycles. The number of nitrogens with zero attached hydrogens (tertiary/aromatic N) is 3. The second-order valence-electron chi connectivity index (χ2n) is 3.78. The maximum Gasteiger partial charge on any atom is 0.330 e. The molecule has 0 fully saturated rings. The van der Waals surface area contributed by atoms with E-state index in [1.807, 2.05) is 6.92 Å². The van der Waals surface area contributed by atoms with Crippen LogP contribution in [0.1, 0.15) is 13.3 Å². The Labute approximate surface area is 114 Å². The van der Waals surface area contributed by atoms with E-state index in [4.69, 9.17) is 15.3 Å². The van der Waals surface area contributed by atoms with Crippen molar-refractivity contribution in [3.05, 3.63) is 30.1 Å². The molecule has 0 aliphatic carbocycles. The lowest BCUT2D eigenvalue weighted by atomic mass is 10.3. The fraction of sp³-hybridized carbons (Fsp3) is 0.250. The highest BCUT2D eigenvalue weighted by molar-refractivity contribution is 5.29. The van der Waals surface area contributed by atoms with E-state index in [1.165, 1.54) is 18.2 Å². The Balaban J connectivity index is 2.21. The van der Waals surface area contributed by atoms with Crippen molar-refractivity contribution >= 4 is 5.95 Å². The molecule has 0 spiro atoms. The normalized spacial score (nSPS) is 10.2. The van der Waals surface area contributed by atoms with Crippen LogP contribution in [0.2, 0.25) is 0 Å². The highest BCUT2D eigenvalue weighted by Crippen LogP contribution is 2.21. The third-order valence-electron chi connectivity index (χ3n) is 2.16. The molecule has 2 aromatic rings. The molecule has 106 valence electrons. The van der Waals surface area contributed by atoms with Gasteiger partial charge in [-0.3, -0.25) is 5.43 Å². The number of aromatic nitrogens is 3. The van der Waals surface area contributed by atoms with E-state index in [0.717, 1.165) is 6.42 Å². The summed E-state index contributed by atoms with van der Waals surface area (Å²) >= 11 is 0. The molecule has 0 radical (unpaired) electrons. The molecule has 3 N–H and O–H groups in total. The highest BCUT2D eigenvalue weighted by atomic mass is 19.1. The Bertz CT molecular complexity index is 582. The van der Waals surface area contributed by atoms with Crippen LogP contribution in [0.4, 0.5) is 10.3 Å². The second kappa shape index (κ2) is 6.62. The van der Waals surface area contributed by atoms with Crippen LogP contribution < -0.4 is 20.7 Å². The highest BCUT2D eigenvalue weighted by Gasteiger charge is 2.09. The SMILES string of the molecule is CCCOc1nc(NN)nc(Oc2cccc(F)c2)n1. The second-order valence-corrected chi connectivity index (χ2v) is 3.78. The van der Waals surface area contributed by atoms with E-state index >= 15 is 0 Å². The van der Waals surface area contributed by atoms with Crippen molar-refractivity contribution in [3.8, 4) is 17.8 Å². The van der Waals surface area contributed by atoms with Gasteiger partial charge in [-0.25, -0.2) is 10.2 Å². The molecule has 0 bridgehead atoms. The molecular formula is C12H14FN5O2. The third kappa shape index (κ3) is 3.75. The van der Waals surface area contributed by atoms with Crippen LogP contribution in [0.15, 0.2) is 24.3 Å². The van der Waals surface area contributed by atoms with Gasteiger partial charge < -0.3 is 9.47 Å². The molecule has 8 heteroatoms. The Hall–Kier alpha value is -2.48. The first-order valence-electron chi connectivity index (χ1n) is 6.00. The summed E-state index contributed by atoms with van der Waals surface area (Å²) in [7, 11) is 0. The first kappa shape index (κ1) is 13.9. The minimum atomic E-state index is -0.420. The van der Waals surface area contributed by atoms with Crippen molar-refractivity contribution in [2.24, 2.45) is 5.84 Å². The third-order valence-corrected chi connectivity index (χ3v) is 2.16. The lowest BCUT2D eigenvalue weighted by molar-refractivity contribution is 0.285. The summed E-state index contributed by atoms with van der Waals surface area (Å²) in [6, 6.07) is 5.66. The molecule has 1 aromatic carbocycles. The Kier molecular flexibility index (Phi) is 4.61. The molecule has 1 aromatic heterocycles. The summed E-state index contributed by atoms with van der Waals surface area (Å²) in [5, 5.41) is 0. The van der Waals surface area contributed by atoms with Crippen LogP contribution in [-0.2, 0) is 0 Å². The standard InChI is InChI=1S/C12H14FN5O2/c1-2-6-19-11-15-10(18-14)16-12(17-11)20-9-5-3-4-8(13)7-9/h3-5,7H,2,6,14H2,1H3,(H,15,16,17,18). The zero-order valence-corrected chi connectivity index (χ0v) is 10.8. The van der Waals surface area contributed by atoms with Gasteiger partial charge in [-0.05, 0) is 18.6 Å². The maximum absolute atomic E-state index is 13.1. The van der Waals surface area contributed by atoms with Gasteiger partial charge in [-0.15, -0.1) is 4.98 Å². The van der Waals surface area contributed by atoms with Crippen LogP contribution >= 0.6 is 0 Å². The van der Waals surface area contributed by atoms with E-state index in [-0.39, 0.29) is 23.7 Å². The van der Waals surface area contributed by atoms with Gasteiger partial charge >= 0.3 is 12.0 Å². The van der Waals surface area contributed by atoms with E-state index in [0.29, 0.717) is 6.61 Å². The zero-order valence-electron chi connectivity index (χ0n) is 10.8. The minimum absolute atomic E-state index is 0.0374. The number of nitrogens with two attached hydrogens (primary N) is 1. The number of ether oxygens (including phenoxy) is 2. The number of halogens is 1. The lowest BCUT2D eigenvalue weighted by Gasteiger charge is -2.08. The summed E-state index contributed by atoms with van der Waals surface area (Å²) in [6.45, 7) is 2.40. The predicted octanol–water partition coefficient (Wildman–Crippen LogP) is 1.88. The Morgan fingerprint density at radius 2 is 2.05 bits per heavy atom. The van der Waals surface area contributed by atoms with E-state index in [2.05, 4.69) is 20.4 Å². The van der Waals surface area contributed by atoms with Crippen molar-refractivity contribution in [2.45, 2.75) is 13.3 Å². The fourth-order valence-electron chi connectivity index (χ4n) is 1.34. The molecule has 0 saturated heterocycles. The van der Waals surface area contributed by atoms with Crippen LogP contribution in [0.3, 0.4) is 0 Å². The van der Waals surface area contributed by atoms with Gasteiger partial charge in [0, 0.05) is 6.07 Å². The molecule has 0 aliphatic rings. The van der Waals surface area contributed by atoms with Gasteiger partial charge in [0.25, 0.3) is 0 Å². The molecule has 20 heavy (non-hydrogen) atoms. The number of hydrazine groups is 1. The predicted molar refractivity (Wildman–Crippen MR) is 69.9 cm³/mol. The lowest BCUT2D eigenvalue weighted by Crippen LogP contribution is -2.13. The number of nitrogen functional groups attached to an aromatic ring is 1. The molecule has 0 unspecified atom stereocenters. The summed E-state index contributed by atoms with van der Waals surface area (Å²) in [6.07, 6.45) is 0.803.